The maximum Gasteiger partial charge on any atom is 0.149 e. The van der Waals surface area contributed by atoms with Crippen molar-refractivity contribution in [2.24, 2.45) is 5.73 Å². The molecule has 0 aliphatic rings. The first-order valence-electron chi connectivity index (χ1n) is 8.31. The Hall–Kier alpha value is -1.84. The van der Waals surface area contributed by atoms with Gasteiger partial charge in [0.25, 0.3) is 0 Å². The predicted octanol–water partition coefficient (Wildman–Crippen LogP) is 4.94. The highest BCUT2D eigenvalue weighted by molar-refractivity contribution is 7.99. The van der Waals surface area contributed by atoms with Crippen molar-refractivity contribution >= 4 is 17.5 Å². The molecule has 2 nitrogen and oxygen atoms in total. The first-order chi connectivity index (χ1) is 11.5. The van der Waals surface area contributed by atoms with E-state index < -0.39 is 0 Å². The Morgan fingerprint density at radius 3 is 2.21 bits per heavy atom. The second kappa shape index (κ2) is 9.45. The van der Waals surface area contributed by atoms with Crippen LogP contribution in [0.15, 0.2) is 70.5 Å². The molecule has 2 N–H and O–H groups in total. The highest BCUT2D eigenvalue weighted by atomic mass is 32.2. The zero-order chi connectivity index (χ0) is 17.4. The number of rotatable bonds is 8. The number of carbonyl (C=O) groups excluding carboxylic acids is 1. The molecule has 1 atom stereocenters. The van der Waals surface area contributed by atoms with Gasteiger partial charge in [-0.1, -0.05) is 53.7 Å². The Balaban J connectivity index is 1.79. The minimum atomic E-state index is -0.350. The number of Topliss-reactive ketones (excluding diaryl/α,β-unsaturated/α-hetero) is 1. The van der Waals surface area contributed by atoms with E-state index in [-0.39, 0.29) is 11.8 Å². The molecule has 0 amide bonds. The number of aryl methyl sites for hydroxylation is 1. The minimum Gasteiger partial charge on any atom is -0.322 e. The number of nitrogens with two attached hydrogens (primary N) is 1. The van der Waals surface area contributed by atoms with Crippen molar-refractivity contribution in [1.29, 1.82) is 0 Å². The van der Waals surface area contributed by atoms with E-state index in [2.05, 4.69) is 67.6 Å². The Bertz CT molecular complexity index is 672. The van der Waals surface area contributed by atoms with Gasteiger partial charge in [0.2, 0.25) is 0 Å². The average Bonchev–Trinajstić information content (AvgIpc) is 2.58. The molecule has 2 rings (SSSR count). The molecule has 0 spiro atoms. The van der Waals surface area contributed by atoms with Gasteiger partial charge in [0.15, 0.2) is 0 Å². The SMILES string of the molecule is Cc1ccc(Sc2ccc(C/C=C/CCC(=O)[C@H](C)N)cc2)cc1. The van der Waals surface area contributed by atoms with Gasteiger partial charge in [0, 0.05) is 16.2 Å². The largest absolute Gasteiger partial charge is 0.322 e. The molecule has 2 aromatic rings. The molecule has 0 fully saturated rings. The smallest absolute Gasteiger partial charge is 0.149 e. The maximum atomic E-state index is 11.4. The molecule has 0 bridgehead atoms. The molecule has 0 unspecified atom stereocenters. The third-order valence-corrected chi connectivity index (χ3v) is 4.78. The van der Waals surface area contributed by atoms with Gasteiger partial charge < -0.3 is 5.73 Å². The van der Waals surface area contributed by atoms with Crippen LogP contribution in [0.5, 0.6) is 0 Å². The van der Waals surface area contributed by atoms with Gasteiger partial charge >= 0.3 is 0 Å². The van der Waals surface area contributed by atoms with Crippen molar-refractivity contribution in [3.05, 3.63) is 71.8 Å². The van der Waals surface area contributed by atoms with Crippen LogP contribution in [0.4, 0.5) is 0 Å². The third kappa shape index (κ3) is 6.34. The van der Waals surface area contributed by atoms with E-state index in [0.717, 1.165) is 12.8 Å². The molecule has 0 saturated carbocycles. The van der Waals surface area contributed by atoms with Gasteiger partial charge in [-0.25, -0.2) is 0 Å². The van der Waals surface area contributed by atoms with E-state index in [0.29, 0.717) is 6.42 Å². The molecule has 0 heterocycles. The minimum absolute atomic E-state index is 0.122. The number of allylic oxidation sites excluding steroid dienone is 2. The molecule has 2 aromatic carbocycles. The standard InChI is InChI=1S/C21H25NOS/c1-16-8-12-19(13-9-16)24-20-14-10-18(11-15-20)6-4-3-5-7-21(23)17(2)22/h3-4,8-15,17H,5-7,22H2,1-2H3/b4-3+/t17-/m0/s1. The summed E-state index contributed by atoms with van der Waals surface area (Å²) >= 11 is 1.78. The zero-order valence-electron chi connectivity index (χ0n) is 14.4. The van der Waals surface area contributed by atoms with E-state index in [1.54, 1.807) is 18.7 Å². The lowest BCUT2D eigenvalue weighted by molar-refractivity contribution is -0.119. The van der Waals surface area contributed by atoms with Crippen LogP contribution >= 0.6 is 11.8 Å². The van der Waals surface area contributed by atoms with Crippen molar-refractivity contribution in [3.63, 3.8) is 0 Å². The number of hydrogen-bond acceptors (Lipinski definition) is 3. The quantitative estimate of drug-likeness (QED) is 0.693. The van der Waals surface area contributed by atoms with Crippen molar-refractivity contribution < 1.29 is 4.79 Å². The Morgan fingerprint density at radius 1 is 1.04 bits per heavy atom. The van der Waals surface area contributed by atoms with Gasteiger partial charge in [-0.2, -0.15) is 0 Å². The van der Waals surface area contributed by atoms with E-state index in [1.165, 1.54) is 20.9 Å². The van der Waals surface area contributed by atoms with E-state index in [1.807, 2.05) is 0 Å². The van der Waals surface area contributed by atoms with Crippen LogP contribution in [0, 0.1) is 6.92 Å². The summed E-state index contributed by atoms with van der Waals surface area (Å²) in [7, 11) is 0. The summed E-state index contributed by atoms with van der Waals surface area (Å²) in [5.74, 6) is 0.122. The van der Waals surface area contributed by atoms with Crippen LogP contribution in [0.25, 0.3) is 0 Å². The average molecular weight is 340 g/mol. The topological polar surface area (TPSA) is 43.1 Å². The monoisotopic (exact) mass is 339 g/mol. The van der Waals surface area contributed by atoms with Crippen LogP contribution in [-0.2, 0) is 11.2 Å². The molecule has 0 saturated heterocycles. The first-order valence-corrected chi connectivity index (χ1v) is 9.13. The zero-order valence-corrected chi connectivity index (χ0v) is 15.2. The summed E-state index contributed by atoms with van der Waals surface area (Å²) in [6, 6.07) is 16.9. The molecule has 126 valence electrons. The summed E-state index contributed by atoms with van der Waals surface area (Å²) in [4.78, 5) is 13.9. The van der Waals surface area contributed by atoms with Crippen molar-refractivity contribution in [3.8, 4) is 0 Å². The second-order valence-corrected chi connectivity index (χ2v) is 7.18. The maximum absolute atomic E-state index is 11.4. The van der Waals surface area contributed by atoms with Crippen LogP contribution in [0.1, 0.15) is 30.9 Å². The van der Waals surface area contributed by atoms with E-state index in [4.69, 9.17) is 5.73 Å². The number of ketones is 1. The van der Waals surface area contributed by atoms with Crippen LogP contribution < -0.4 is 5.73 Å². The molecule has 0 aliphatic heterocycles. The Labute approximate surface area is 149 Å². The summed E-state index contributed by atoms with van der Waals surface area (Å²) < 4.78 is 0. The normalized spacial score (nSPS) is 12.5. The fourth-order valence-electron chi connectivity index (χ4n) is 2.23. The molecule has 0 aromatic heterocycles. The van der Waals surface area contributed by atoms with Gasteiger partial charge in [0.1, 0.15) is 5.78 Å². The number of benzene rings is 2. The lowest BCUT2D eigenvalue weighted by Crippen LogP contribution is -2.26. The van der Waals surface area contributed by atoms with Crippen molar-refractivity contribution in [2.45, 2.75) is 48.9 Å². The molecular formula is C21H25NOS. The highest BCUT2D eigenvalue weighted by Gasteiger charge is 2.04. The van der Waals surface area contributed by atoms with Gasteiger partial charge in [0.05, 0.1) is 6.04 Å². The fourth-order valence-corrected chi connectivity index (χ4v) is 3.04. The van der Waals surface area contributed by atoms with E-state index >= 15 is 0 Å². The highest BCUT2D eigenvalue weighted by Crippen LogP contribution is 2.27. The fraction of sp³-hybridized carbons (Fsp3) is 0.286. The summed E-state index contributed by atoms with van der Waals surface area (Å²) in [6.45, 7) is 3.84. The van der Waals surface area contributed by atoms with Crippen LogP contribution in [0.2, 0.25) is 0 Å². The van der Waals surface area contributed by atoms with Crippen molar-refractivity contribution in [2.75, 3.05) is 0 Å². The summed E-state index contributed by atoms with van der Waals surface area (Å²) in [5, 5.41) is 0. The van der Waals surface area contributed by atoms with Crippen LogP contribution in [-0.4, -0.2) is 11.8 Å². The second-order valence-electron chi connectivity index (χ2n) is 6.03. The molecule has 0 aliphatic carbocycles. The predicted molar refractivity (Wildman–Crippen MR) is 102 cm³/mol. The lowest BCUT2D eigenvalue weighted by Gasteiger charge is -2.04. The molecule has 24 heavy (non-hydrogen) atoms. The summed E-state index contributed by atoms with van der Waals surface area (Å²) in [5.41, 5.74) is 8.10. The van der Waals surface area contributed by atoms with E-state index in [9.17, 15) is 4.79 Å². The van der Waals surface area contributed by atoms with Crippen LogP contribution in [0.3, 0.4) is 0 Å². The first kappa shape index (κ1) is 18.5. The Morgan fingerprint density at radius 2 is 1.62 bits per heavy atom. The number of hydrogen-bond donors (Lipinski definition) is 1. The summed E-state index contributed by atoms with van der Waals surface area (Å²) in [6.07, 6.45) is 6.37. The third-order valence-electron chi connectivity index (χ3n) is 3.77. The lowest BCUT2D eigenvalue weighted by atomic mass is 10.1. The molecule has 0 radical (unpaired) electrons. The van der Waals surface area contributed by atoms with Gasteiger partial charge in [-0.05, 0) is 56.5 Å². The van der Waals surface area contributed by atoms with Gasteiger partial charge in [-0.15, -0.1) is 0 Å². The Kier molecular flexibility index (Phi) is 7.29. The van der Waals surface area contributed by atoms with Gasteiger partial charge in [-0.3, -0.25) is 4.79 Å². The molecular weight excluding hydrogens is 314 g/mol. The van der Waals surface area contributed by atoms with Crippen molar-refractivity contribution in [1.82, 2.24) is 0 Å². The molecule has 3 heteroatoms. The number of carbonyl (C=O) groups is 1.